The first-order chi connectivity index (χ1) is 10.3. The van der Waals surface area contributed by atoms with E-state index in [-0.39, 0.29) is 10.8 Å². The van der Waals surface area contributed by atoms with Gasteiger partial charge in [0.1, 0.15) is 5.75 Å². The van der Waals surface area contributed by atoms with Crippen LogP contribution in [0.15, 0.2) is 47.4 Å². The van der Waals surface area contributed by atoms with Crippen LogP contribution in [0.2, 0.25) is 5.02 Å². The van der Waals surface area contributed by atoms with Crippen LogP contribution < -0.4 is 9.46 Å². The molecule has 0 fully saturated rings. The molecule has 0 heterocycles. The van der Waals surface area contributed by atoms with E-state index in [9.17, 15) is 8.42 Å². The Morgan fingerprint density at radius 3 is 2.27 bits per heavy atom. The number of benzene rings is 2. The third-order valence-electron chi connectivity index (χ3n) is 3.23. The van der Waals surface area contributed by atoms with Crippen molar-refractivity contribution in [3.05, 3.63) is 53.1 Å². The summed E-state index contributed by atoms with van der Waals surface area (Å²) in [5.41, 5.74) is 1.31. The molecule has 2 rings (SSSR count). The fourth-order valence-corrected chi connectivity index (χ4v) is 3.28. The van der Waals surface area contributed by atoms with Gasteiger partial charge in [0.05, 0.1) is 12.0 Å². The molecule has 118 valence electrons. The maximum absolute atomic E-state index is 12.5. The lowest BCUT2D eigenvalue weighted by Crippen LogP contribution is -2.13. The Labute approximate surface area is 136 Å². The van der Waals surface area contributed by atoms with Crippen LogP contribution in [0.5, 0.6) is 5.75 Å². The van der Waals surface area contributed by atoms with Gasteiger partial charge in [-0.3, -0.25) is 4.72 Å². The average Bonchev–Trinajstić information content (AvgIpc) is 2.48. The van der Waals surface area contributed by atoms with Crippen LogP contribution in [0, 0.1) is 0 Å². The van der Waals surface area contributed by atoms with Crippen molar-refractivity contribution in [2.24, 2.45) is 0 Å². The second-order valence-electron chi connectivity index (χ2n) is 5.17. The maximum atomic E-state index is 12.5. The first-order valence-corrected chi connectivity index (χ1v) is 8.66. The summed E-state index contributed by atoms with van der Waals surface area (Å²) < 4.78 is 32.8. The Bertz CT molecular complexity index is 755. The van der Waals surface area contributed by atoms with Crippen molar-refractivity contribution in [2.45, 2.75) is 24.7 Å². The van der Waals surface area contributed by atoms with Gasteiger partial charge in [-0.05, 0) is 53.9 Å². The number of rotatable bonds is 5. The molecule has 0 amide bonds. The molecule has 0 bridgehead atoms. The Kier molecular flexibility index (Phi) is 4.98. The number of anilines is 1. The van der Waals surface area contributed by atoms with Gasteiger partial charge in [0.2, 0.25) is 0 Å². The maximum Gasteiger partial charge on any atom is 0.261 e. The molecule has 2 aromatic rings. The molecule has 0 unspecified atom stereocenters. The van der Waals surface area contributed by atoms with E-state index in [4.69, 9.17) is 16.3 Å². The Morgan fingerprint density at radius 2 is 1.73 bits per heavy atom. The molecule has 0 aliphatic rings. The van der Waals surface area contributed by atoms with E-state index >= 15 is 0 Å². The molecule has 0 saturated carbocycles. The molecular weight excluding hydrogens is 322 g/mol. The van der Waals surface area contributed by atoms with Crippen LogP contribution in [-0.2, 0) is 10.0 Å². The number of ether oxygens (including phenoxy) is 1. The zero-order valence-electron chi connectivity index (χ0n) is 12.6. The van der Waals surface area contributed by atoms with Gasteiger partial charge in [-0.1, -0.05) is 25.4 Å². The molecule has 0 atom stereocenters. The fraction of sp³-hybridized carbons (Fsp3) is 0.250. The summed E-state index contributed by atoms with van der Waals surface area (Å²) in [4.78, 5) is 0.201. The van der Waals surface area contributed by atoms with E-state index in [0.717, 1.165) is 5.56 Å². The lowest BCUT2D eigenvalue weighted by molar-refractivity contribution is 0.407. The number of methoxy groups -OCH3 is 1. The molecule has 0 spiro atoms. The van der Waals surface area contributed by atoms with E-state index in [0.29, 0.717) is 16.5 Å². The summed E-state index contributed by atoms with van der Waals surface area (Å²) in [6.45, 7) is 3.97. The number of sulfonamides is 1. The van der Waals surface area contributed by atoms with Crippen LogP contribution in [-0.4, -0.2) is 15.5 Å². The highest BCUT2D eigenvalue weighted by Gasteiger charge is 2.18. The van der Waals surface area contributed by atoms with Crippen molar-refractivity contribution in [2.75, 3.05) is 11.8 Å². The molecule has 0 aliphatic carbocycles. The van der Waals surface area contributed by atoms with Crippen molar-refractivity contribution in [3.8, 4) is 5.75 Å². The van der Waals surface area contributed by atoms with Gasteiger partial charge in [-0.15, -0.1) is 0 Å². The highest BCUT2D eigenvalue weighted by atomic mass is 35.5. The molecule has 22 heavy (non-hydrogen) atoms. The molecule has 4 nitrogen and oxygen atoms in total. The van der Waals surface area contributed by atoms with Crippen LogP contribution in [0.1, 0.15) is 25.3 Å². The molecule has 6 heteroatoms. The van der Waals surface area contributed by atoms with Gasteiger partial charge in [-0.2, -0.15) is 0 Å². The SMILES string of the molecule is COc1ccc(S(=O)(=O)Nc2ccc(Cl)cc2)cc1C(C)C. The minimum absolute atomic E-state index is 0.153. The number of nitrogens with one attached hydrogen (secondary N) is 1. The van der Waals surface area contributed by atoms with Crippen LogP contribution >= 0.6 is 11.6 Å². The first-order valence-electron chi connectivity index (χ1n) is 6.80. The van der Waals surface area contributed by atoms with E-state index in [1.165, 1.54) is 6.07 Å². The van der Waals surface area contributed by atoms with Crippen LogP contribution in [0.4, 0.5) is 5.69 Å². The van der Waals surface area contributed by atoms with Gasteiger partial charge < -0.3 is 4.74 Å². The Morgan fingerprint density at radius 1 is 1.09 bits per heavy atom. The van der Waals surface area contributed by atoms with Crippen molar-refractivity contribution in [1.29, 1.82) is 0 Å². The van der Waals surface area contributed by atoms with Crippen LogP contribution in [0.3, 0.4) is 0 Å². The van der Waals surface area contributed by atoms with E-state index in [1.807, 2.05) is 13.8 Å². The summed E-state index contributed by atoms with van der Waals surface area (Å²) in [5, 5.41) is 0.550. The van der Waals surface area contributed by atoms with Gasteiger partial charge >= 0.3 is 0 Å². The van der Waals surface area contributed by atoms with Crippen molar-refractivity contribution in [3.63, 3.8) is 0 Å². The Hall–Kier alpha value is -1.72. The summed E-state index contributed by atoms with van der Waals surface area (Å²) in [6.07, 6.45) is 0. The largest absolute Gasteiger partial charge is 0.496 e. The zero-order chi connectivity index (χ0) is 16.3. The van der Waals surface area contributed by atoms with E-state index < -0.39 is 10.0 Å². The molecule has 2 aromatic carbocycles. The lowest BCUT2D eigenvalue weighted by Gasteiger charge is -2.14. The smallest absolute Gasteiger partial charge is 0.261 e. The van der Waals surface area contributed by atoms with Gasteiger partial charge in [0, 0.05) is 10.7 Å². The van der Waals surface area contributed by atoms with Crippen molar-refractivity contribution in [1.82, 2.24) is 0 Å². The summed E-state index contributed by atoms with van der Waals surface area (Å²) in [5.74, 6) is 0.834. The number of hydrogen-bond acceptors (Lipinski definition) is 3. The Balaban J connectivity index is 2.37. The molecule has 1 N–H and O–H groups in total. The summed E-state index contributed by atoms with van der Waals surface area (Å²) in [7, 11) is -2.09. The highest BCUT2D eigenvalue weighted by Crippen LogP contribution is 2.29. The van der Waals surface area contributed by atoms with E-state index in [2.05, 4.69) is 4.72 Å². The summed E-state index contributed by atoms with van der Waals surface area (Å²) in [6, 6.07) is 11.3. The first kappa shape index (κ1) is 16.6. The molecule has 0 aliphatic heterocycles. The van der Waals surface area contributed by atoms with Gasteiger partial charge in [0.25, 0.3) is 10.0 Å². The minimum atomic E-state index is -3.66. The van der Waals surface area contributed by atoms with Crippen molar-refractivity contribution >= 4 is 27.3 Å². The predicted molar refractivity (Wildman–Crippen MR) is 89.3 cm³/mol. The fourth-order valence-electron chi connectivity index (χ4n) is 2.06. The van der Waals surface area contributed by atoms with Crippen molar-refractivity contribution < 1.29 is 13.2 Å². The summed E-state index contributed by atoms with van der Waals surface area (Å²) >= 11 is 5.80. The van der Waals surface area contributed by atoms with E-state index in [1.54, 1.807) is 43.5 Å². The molecule has 0 aromatic heterocycles. The third-order valence-corrected chi connectivity index (χ3v) is 4.86. The van der Waals surface area contributed by atoms with Gasteiger partial charge in [0.15, 0.2) is 0 Å². The quantitative estimate of drug-likeness (QED) is 0.884. The lowest BCUT2D eigenvalue weighted by atomic mass is 10.0. The van der Waals surface area contributed by atoms with Gasteiger partial charge in [-0.25, -0.2) is 8.42 Å². The predicted octanol–water partition coefficient (Wildman–Crippen LogP) is 4.27. The third kappa shape index (κ3) is 3.72. The molecule has 0 radical (unpaired) electrons. The highest BCUT2D eigenvalue weighted by molar-refractivity contribution is 7.92. The monoisotopic (exact) mass is 339 g/mol. The second kappa shape index (κ2) is 6.58. The minimum Gasteiger partial charge on any atom is -0.496 e. The normalized spacial score (nSPS) is 11.5. The zero-order valence-corrected chi connectivity index (χ0v) is 14.2. The number of halogens is 1. The standard InChI is InChI=1S/C16H18ClNO3S/c1-11(2)15-10-14(8-9-16(15)21-3)22(19,20)18-13-6-4-12(17)5-7-13/h4-11,18H,1-3H3. The second-order valence-corrected chi connectivity index (χ2v) is 7.29. The van der Waals surface area contributed by atoms with Crippen LogP contribution in [0.25, 0.3) is 0 Å². The topological polar surface area (TPSA) is 55.4 Å². The average molecular weight is 340 g/mol. The molecular formula is C16H18ClNO3S. The number of hydrogen-bond donors (Lipinski definition) is 1. The molecule has 0 saturated heterocycles.